The van der Waals surface area contributed by atoms with Gasteiger partial charge in [-0.1, -0.05) is 0 Å². The number of aromatic amines is 1. The second-order valence-corrected chi connectivity index (χ2v) is 8.41. The molecular formula is C23H29FN4O3. The molecule has 31 heavy (non-hydrogen) atoms. The molecular weight excluding hydrogens is 399 g/mol. The van der Waals surface area contributed by atoms with Gasteiger partial charge < -0.3 is 19.9 Å². The highest BCUT2D eigenvalue weighted by Crippen LogP contribution is 2.32. The first-order valence-electron chi connectivity index (χ1n) is 10.7. The number of carbonyl (C=O) groups is 2. The van der Waals surface area contributed by atoms with E-state index in [0.717, 1.165) is 48.7 Å². The zero-order valence-corrected chi connectivity index (χ0v) is 18.3. The first-order chi connectivity index (χ1) is 14.9. The van der Waals surface area contributed by atoms with Crippen LogP contribution in [-0.4, -0.2) is 61.1 Å². The Morgan fingerprint density at radius 1 is 1.35 bits per heavy atom. The summed E-state index contributed by atoms with van der Waals surface area (Å²) >= 11 is 0. The molecule has 1 aromatic heterocycles. The lowest BCUT2D eigenvalue weighted by Gasteiger charge is -2.18. The number of nitrogens with one attached hydrogen (secondary N) is 2. The van der Waals surface area contributed by atoms with Crippen molar-refractivity contribution >= 4 is 17.5 Å². The van der Waals surface area contributed by atoms with Crippen molar-refractivity contribution in [3.05, 3.63) is 52.1 Å². The van der Waals surface area contributed by atoms with Gasteiger partial charge in [0.1, 0.15) is 5.82 Å². The highest BCUT2D eigenvalue weighted by Gasteiger charge is 2.30. The second-order valence-electron chi connectivity index (χ2n) is 8.41. The predicted molar refractivity (Wildman–Crippen MR) is 116 cm³/mol. The number of amides is 2. The molecule has 0 unspecified atom stereocenters. The quantitative estimate of drug-likeness (QED) is 0.710. The molecule has 0 aliphatic carbocycles. The fourth-order valence-corrected chi connectivity index (χ4v) is 4.63. The zero-order chi connectivity index (χ0) is 22.1. The van der Waals surface area contributed by atoms with E-state index >= 15 is 0 Å². The van der Waals surface area contributed by atoms with Gasteiger partial charge in [-0.3, -0.25) is 14.5 Å². The van der Waals surface area contributed by atoms with Gasteiger partial charge in [0, 0.05) is 49.9 Å². The molecule has 8 heteroatoms. The van der Waals surface area contributed by atoms with Crippen LogP contribution < -0.4 is 10.2 Å². The van der Waals surface area contributed by atoms with Crippen molar-refractivity contribution < 1.29 is 18.7 Å². The van der Waals surface area contributed by atoms with E-state index in [1.54, 1.807) is 18.1 Å². The number of carbonyl (C=O) groups excluding carboxylic acids is 2. The van der Waals surface area contributed by atoms with E-state index in [2.05, 4.69) is 15.2 Å². The van der Waals surface area contributed by atoms with Gasteiger partial charge >= 0.3 is 0 Å². The molecule has 1 atom stereocenters. The van der Waals surface area contributed by atoms with Gasteiger partial charge in [0.25, 0.3) is 5.91 Å². The third kappa shape index (κ3) is 4.36. The summed E-state index contributed by atoms with van der Waals surface area (Å²) in [5.74, 6) is -0.501. The van der Waals surface area contributed by atoms with E-state index in [9.17, 15) is 14.0 Å². The van der Waals surface area contributed by atoms with E-state index in [0.29, 0.717) is 24.3 Å². The molecule has 2 N–H and O–H groups in total. The smallest absolute Gasteiger partial charge is 0.253 e. The number of benzene rings is 1. The van der Waals surface area contributed by atoms with Gasteiger partial charge in [-0.15, -0.1) is 0 Å². The maximum Gasteiger partial charge on any atom is 0.253 e. The number of hydrogen-bond acceptors (Lipinski definition) is 4. The Labute approximate surface area is 181 Å². The number of fused-ring (bicyclic) bond motifs is 1. The Hall–Kier alpha value is -2.71. The molecule has 2 aromatic rings. The highest BCUT2D eigenvalue weighted by atomic mass is 19.1. The van der Waals surface area contributed by atoms with Crippen LogP contribution in [0.2, 0.25) is 0 Å². The number of aryl methyl sites for hydroxylation is 1. The third-order valence-corrected chi connectivity index (χ3v) is 6.28. The molecule has 4 rings (SSSR count). The number of hydrogen-bond donors (Lipinski definition) is 2. The Bertz CT molecular complexity index is 1000. The lowest BCUT2D eigenvalue weighted by molar-refractivity contribution is -0.117. The summed E-state index contributed by atoms with van der Waals surface area (Å²) in [6.07, 6.45) is 1.11. The van der Waals surface area contributed by atoms with Crippen molar-refractivity contribution in [2.45, 2.75) is 39.3 Å². The van der Waals surface area contributed by atoms with Crippen LogP contribution in [0, 0.1) is 19.7 Å². The van der Waals surface area contributed by atoms with E-state index in [-0.39, 0.29) is 30.1 Å². The average Bonchev–Trinajstić information content (AvgIpc) is 3.37. The predicted octanol–water partition coefficient (Wildman–Crippen LogP) is 2.31. The normalized spacial score (nSPS) is 18.6. The molecule has 0 saturated carbocycles. The number of ether oxygens (including phenoxy) is 1. The minimum absolute atomic E-state index is 0.0691. The fraction of sp³-hybridized carbons (Fsp3) is 0.478. The summed E-state index contributed by atoms with van der Waals surface area (Å²) in [6, 6.07) is 4.54. The molecule has 0 spiro atoms. The van der Waals surface area contributed by atoms with E-state index < -0.39 is 0 Å². The number of likely N-dealkylation sites (tertiary alicyclic amines) is 1. The van der Waals surface area contributed by atoms with Gasteiger partial charge in [-0.2, -0.15) is 0 Å². The first kappa shape index (κ1) is 21.5. The van der Waals surface area contributed by atoms with Crippen molar-refractivity contribution in [3.8, 4) is 0 Å². The highest BCUT2D eigenvalue weighted by molar-refractivity contribution is 6.01. The Balaban J connectivity index is 1.46. The van der Waals surface area contributed by atoms with E-state index in [4.69, 9.17) is 4.74 Å². The standard InChI is InChI=1S/C23H29FN4O3/c1-14-19(13-28-20-5-4-17(24)10-16(20)11-21(28)29)25-15(2)22(14)23(30)26-18-6-7-27(12-18)8-9-31-3/h4-5,10,18,25H,6-9,11-13H2,1-3H3,(H,26,30)/t18-/m0/s1. The van der Waals surface area contributed by atoms with Crippen LogP contribution >= 0.6 is 0 Å². The molecule has 2 aliphatic rings. The van der Waals surface area contributed by atoms with Crippen molar-refractivity contribution in [1.82, 2.24) is 15.2 Å². The Kier molecular flexibility index (Phi) is 6.11. The SMILES string of the molecule is COCCN1CC[C@H](NC(=O)c2c(C)[nH]c(CN3C(=O)Cc4cc(F)ccc43)c2C)C1. The van der Waals surface area contributed by atoms with Crippen LogP contribution in [0.5, 0.6) is 0 Å². The van der Waals surface area contributed by atoms with Crippen molar-refractivity contribution in [2.75, 3.05) is 38.3 Å². The van der Waals surface area contributed by atoms with Gasteiger partial charge in [-0.05, 0) is 49.6 Å². The van der Waals surface area contributed by atoms with Crippen LogP contribution in [0.15, 0.2) is 18.2 Å². The Morgan fingerprint density at radius 3 is 2.94 bits per heavy atom. The summed E-state index contributed by atoms with van der Waals surface area (Å²) in [4.78, 5) is 32.8. The molecule has 166 valence electrons. The lowest BCUT2D eigenvalue weighted by atomic mass is 10.1. The van der Waals surface area contributed by atoms with E-state index in [1.165, 1.54) is 12.1 Å². The molecule has 0 bridgehead atoms. The molecule has 1 fully saturated rings. The molecule has 3 heterocycles. The second kappa shape index (κ2) is 8.80. The summed E-state index contributed by atoms with van der Waals surface area (Å²) in [7, 11) is 1.69. The number of aromatic nitrogens is 1. The lowest BCUT2D eigenvalue weighted by Crippen LogP contribution is -2.38. The number of methoxy groups -OCH3 is 1. The third-order valence-electron chi connectivity index (χ3n) is 6.28. The molecule has 2 aliphatic heterocycles. The maximum absolute atomic E-state index is 13.5. The summed E-state index contributed by atoms with van der Waals surface area (Å²) in [5, 5.41) is 3.16. The van der Waals surface area contributed by atoms with Crippen LogP contribution in [0.4, 0.5) is 10.1 Å². The van der Waals surface area contributed by atoms with Gasteiger partial charge in [0.15, 0.2) is 0 Å². The topological polar surface area (TPSA) is 77.7 Å². The minimum Gasteiger partial charge on any atom is -0.383 e. The van der Waals surface area contributed by atoms with Gasteiger partial charge in [0.05, 0.1) is 25.1 Å². The van der Waals surface area contributed by atoms with Gasteiger partial charge in [-0.25, -0.2) is 4.39 Å². The number of anilines is 1. The molecule has 1 aromatic carbocycles. The average molecular weight is 429 g/mol. The summed E-state index contributed by atoms with van der Waals surface area (Å²) < 4.78 is 18.6. The van der Waals surface area contributed by atoms with Crippen molar-refractivity contribution in [3.63, 3.8) is 0 Å². The number of nitrogens with zero attached hydrogens (tertiary/aromatic N) is 2. The maximum atomic E-state index is 13.5. The largest absolute Gasteiger partial charge is 0.383 e. The molecule has 7 nitrogen and oxygen atoms in total. The minimum atomic E-state index is -0.341. The molecule has 0 radical (unpaired) electrons. The number of rotatable bonds is 7. The number of H-pyrrole nitrogens is 1. The van der Waals surface area contributed by atoms with Crippen LogP contribution in [0.3, 0.4) is 0 Å². The zero-order valence-electron chi connectivity index (χ0n) is 18.3. The molecule has 2 amide bonds. The fourth-order valence-electron chi connectivity index (χ4n) is 4.63. The van der Waals surface area contributed by atoms with Crippen molar-refractivity contribution in [2.24, 2.45) is 0 Å². The van der Waals surface area contributed by atoms with Crippen LogP contribution in [0.1, 0.15) is 39.3 Å². The summed E-state index contributed by atoms with van der Waals surface area (Å²) in [5.41, 5.74) is 4.50. The monoisotopic (exact) mass is 428 g/mol. The van der Waals surface area contributed by atoms with E-state index in [1.807, 2.05) is 13.8 Å². The Morgan fingerprint density at radius 2 is 2.16 bits per heavy atom. The van der Waals surface area contributed by atoms with Crippen LogP contribution in [-0.2, 0) is 22.5 Å². The van der Waals surface area contributed by atoms with Gasteiger partial charge in [0.2, 0.25) is 5.91 Å². The van der Waals surface area contributed by atoms with Crippen molar-refractivity contribution in [1.29, 1.82) is 0 Å². The molecule has 1 saturated heterocycles. The summed E-state index contributed by atoms with van der Waals surface area (Å²) in [6.45, 7) is 7.42. The number of halogens is 1. The van der Waals surface area contributed by atoms with Crippen LogP contribution in [0.25, 0.3) is 0 Å². The first-order valence-corrected chi connectivity index (χ1v) is 10.7.